The number of halogens is 1. The molecule has 1 saturated heterocycles. The van der Waals surface area contributed by atoms with Gasteiger partial charge in [-0.05, 0) is 69.3 Å². The Hall–Kier alpha value is -2.93. The average molecular weight is 396 g/mol. The minimum Gasteiger partial charge on any atom is -0.460 e. The molecule has 7 heteroatoms. The van der Waals surface area contributed by atoms with Gasteiger partial charge in [0.15, 0.2) is 5.76 Å². The molecule has 0 saturated carbocycles. The Kier molecular flexibility index (Phi) is 5.76. The van der Waals surface area contributed by atoms with Crippen LogP contribution in [0.2, 0.25) is 0 Å². The lowest BCUT2D eigenvalue weighted by Crippen LogP contribution is -2.38. The Labute approximate surface area is 169 Å². The molecule has 0 atom stereocenters. The normalized spacial score (nSPS) is 14.8. The topological polar surface area (TPSA) is 63.3 Å². The molecular formula is C22H25FN4O2. The van der Waals surface area contributed by atoms with Gasteiger partial charge < -0.3 is 14.6 Å². The zero-order chi connectivity index (χ0) is 20.2. The van der Waals surface area contributed by atoms with Crippen LogP contribution in [0.1, 0.15) is 35.5 Å². The molecule has 0 spiro atoms. The van der Waals surface area contributed by atoms with Crippen molar-refractivity contribution < 1.29 is 13.6 Å². The van der Waals surface area contributed by atoms with Crippen LogP contribution in [0.15, 0.2) is 46.9 Å². The molecule has 1 aliphatic heterocycles. The Morgan fingerprint density at radius 2 is 1.90 bits per heavy atom. The highest BCUT2D eigenvalue weighted by molar-refractivity contribution is 5.94. The quantitative estimate of drug-likeness (QED) is 0.689. The van der Waals surface area contributed by atoms with Crippen molar-refractivity contribution in [2.24, 2.45) is 0 Å². The second-order valence-corrected chi connectivity index (χ2v) is 7.37. The zero-order valence-corrected chi connectivity index (χ0v) is 16.5. The maximum absolute atomic E-state index is 13.3. The molecule has 6 nitrogen and oxygen atoms in total. The summed E-state index contributed by atoms with van der Waals surface area (Å²) in [6.45, 7) is 5.44. The predicted molar refractivity (Wildman–Crippen MR) is 109 cm³/mol. The van der Waals surface area contributed by atoms with E-state index in [1.807, 2.05) is 19.1 Å². The number of nitrogens with zero attached hydrogens (tertiary/aromatic N) is 3. The highest BCUT2D eigenvalue weighted by atomic mass is 19.1. The van der Waals surface area contributed by atoms with E-state index in [0.29, 0.717) is 29.4 Å². The van der Waals surface area contributed by atoms with E-state index in [4.69, 9.17) is 4.42 Å². The summed E-state index contributed by atoms with van der Waals surface area (Å²) in [7, 11) is 0. The van der Waals surface area contributed by atoms with Gasteiger partial charge in [0.25, 0.3) is 5.91 Å². The van der Waals surface area contributed by atoms with E-state index in [1.165, 1.54) is 36.1 Å². The predicted octanol–water partition coefficient (Wildman–Crippen LogP) is 3.80. The SMILES string of the molecule is Cc1ccc(-c2cc(C(=O)NCCN3CCCCC3)n(-c3ccc(F)cc3)n2)o1. The summed E-state index contributed by atoms with van der Waals surface area (Å²) >= 11 is 0. The van der Waals surface area contributed by atoms with Crippen LogP contribution in [0, 0.1) is 12.7 Å². The first-order valence-electron chi connectivity index (χ1n) is 10.0. The summed E-state index contributed by atoms with van der Waals surface area (Å²) in [4.78, 5) is 15.3. The van der Waals surface area contributed by atoms with Gasteiger partial charge in [-0.15, -0.1) is 0 Å². The van der Waals surface area contributed by atoms with Crippen molar-refractivity contribution in [1.29, 1.82) is 0 Å². The van der Waals surface area contributed by atoms with Gasteiger partial charge in [-0.25, -0.2) is 9.07 Å². The summed E-state index contributed by atoms with van der Waals surface area (Å²) in [5.74, 6) is 0.804. The molecule has 152 valence electrons. The first-order chi connectivity index (χ1) is 14.1. The number of furan rings is 1. The maximum atomic E-state index is 13.3. The summed E-state index contributed by atoms with van der Waals surface area (Å²) in [5.41, 5.74) is 1.56. The van der Waals surface area contributed by atoms with Crippen molar-refractivity contribution in [3.8, 4) is 17.1 Å². The maximum Gasteiger partial charge on any atom is 0.270 e. The minimum atomic E-state index is -0.338. The molecule has 1 aromatic carbocycles. The number of piperidine rings is 1. The molecule has 3 heterocycles. The second-order valence-electron chi connectivity index (χ2n) is 7.37. The molecule has 1 amide bonds. The van der Waals surface area contributed by atoms with E-state index in [1.54, 1.807) is 18.2 Å². The van der Waals surface area contributed by atoms with E-state index in [0.717, 1.165) is 25.4 Å². The van der Waals surface area contributed by atoms with Crippen LogP contribution in [-0.4, -0.2) is 46.8 Å². The number of carbonyl (C=O) groups is 1. The number of benzene rings is 1. The lowest BCUT2D eigenvalue weighted by molar-refractivity contribution is 0.0939. The third-order valence-corrected chi connectivity index (χ3v) is 5.17. The Balaban J connectivity index is 1.55. The van der Waals surface area contributed by atoms with Crippen molar-refractivity contribution in [3.63, 3.8) is 0 Å². The Morgan fingerprint density at radius 1 is 1.14 bits per heavy atom. The van der Waals surface area contributed by atoms with Crippen LogP contribution in [0.3, 0.4) is 0 Å². The Bertz CT molecular complexity index is 971. The number of aryl methyl sites for hydroxylation is 1. The molecule has 1 aliphatic rings. The summed E-state index contributed by atoms with van der Waals surface area (Å²) in [5, 5.41) is 7.53. The van der Waals surface area contributed by atoms with Crippen LogP contribution in [0.4, 0.5) is 4.39 Å². The van der Waals surface area contributed by atoms with Crippen molar-refractivity contribution in [2.45, 2.75) is 26.2 Å². The number of amides is 1. The fraction of sp³-hybridized carbons (Fsp3) is 0.364. The van der Waals surface area contributed by atoms with Gasteiger partial charge in [-0.1, -0.05) is 6.42 Å². The molecule has 2 aromatic heterocycles. The van der Waals surface area contributed by atoms with Gasteiger partial charge in [0.1, 0.15) is 23.0 Å². The first kappa shape index (κ1) is 19.4. The standard InChI is InChI=1S/C22H25FN4O2/c1-16-5-10-21(29-16)19-15-20(27(25-19)18-8-6-17(23)7-9-18)22(28)24-11-14-26-12-3-2-4-13-26/h5-10,15H,2-4,11-14H2,1H3,(H,24,28). The van der Waals surface area contributed by atoms with Crippen LogP contribution in [0.5, 0.6) is 0 Å². The van der Waals surface area contributed by atoms with Crippen molar-refractivity contribution >= 4 is 5.91 Å². The fourth-order valence-corrected chi connectivity index (χ4v) is 3.62. The highest BCUT2D eigenvalue weighted by Crippen LogP contribution is 2.24. The van der Waals surface area contributed by atoms with Gasteiger partial charge in [-0.2, -0.15) is 5.10 Å². The number of aromatic nitrogens is 2. The molecule has 0 bridgehead atoms. The monoisotopic (exact) mass is 396 g/mol. The van der Waals surface area contributed by atoms with Gasteiger partial charge in [-0.3, -0.25) is 4.79 Å². The number of nitrogens with one attached hydrogen (secondary N) is 1. The third kappa shape index (κ3) is 4.56. The Morgan fingerprint density at radius 3 is 2.59 bits per heavy atom. The summed E-state index contributed by atoms with van der Waals surface area (Å²) < 4.78 is 20.5. The van der Waals surface area contributed by atoms with Crippen LogP contribution < -0.4 is 5.32 Å². The van der Waals surface area contributed by atoms with Gasteiger partial charge in [0.2, 0.25) is 0 Å². The van der Waals surface area contributed by atoms with Crippen LogP contribution >= 0.6 is 0 Å². The number of likely N-dealkylation sites (tertiary alicyclic amines) is 1. The van der Waals surface area contributed by atoms with E-state index in [-0.39, 0.29) is 11.7 Å². The van der Waals surface area contributed by atoms with E-state index >= 15 is 0 Å². The first-order valence-corrected chi connectivity index (χ1v) is 10.0. The lowest BCUT2D eigenvalue weighted by atomic mass is 10.1. The number of hydrogen-bond acceptors (Lipinski definition) is 4. The van der Waals surface area contributed by atoms with E-state index < -0.39 is 0 Å². The molecule has 4 rings (SSSR count). The van der Waals surface area contributed by atoms with E-state index in [2.05, 4.69) is 15.3 Å². The van der Waals surface area contributed by atoms with Gasteiger partial charge in [0.05, 0.1) is 5.69 Å². The molecule has 1 N–H and O–H groups in total. The van der Waals surface area contributed by atoms with Gasteiger partial charge in [0, 0.05) is 19.2 Å². The van der Waals surface area contributed by atoms with Crippen molar-refractivity contribution in [2.75, 3.05) is 26.2 Å². The zero-order valence-electron chi connectivity index (χ0n) is 16.5. The van der Waals surface area contributed by atoms with Crippen molar-refractivity contribution in [1.82, 2.24) is 20.0 Å². The average Bonchev–Trinajstić information content (AvgIpc) is 3.36. The highest BCUT2D eigenvalue weighted by Gasteiger charge is 2.19. The fourth-order valence-electron chi connectivity index (χ4n) is 3.62. The molecule has 3 aromatic rings. The molecule has 0 aliphatic carbocycles. The second kappa shape index (κ2) is 8.61. The van der Waals surface area contributed by atoms with E-state index in [9.17, 15) is 9.18 Å². The molecule has 0 unspecified atom stereocenters. The van der Waals surface area contributed by atoms with Crippen molar-refractivity contribution in [3.05, 3.63) is 59.7 Å². The largest absolute Gasteiger partial charge is 0.460 e. The summed E-state index contributed by atoms with van der Waals surface area (Å²) in [6, 6.07) is 11.3. The van der Waals surface area contributed by atoms with Crippen LogP contribution in [-0.2, 0) is 0 Å². The van der Waals surface area contributed by atoms with Gasteiger partial charge >= 0.3 is 0 Å². The number of rotatable bonds is 6. The smallest absolute Gasteiger partial charge is 0.270 e. The molecular weight excluding hydrogens is 371 g/mol. The minimum absolute atomic E-state index is 0.214. The lowest BCUT2D eigenvalue weighted by Gasteiger charge is -2.26. The number of hydrogen-bond donors (Lipinski definition) is 1. The number of carbonyl (C=O) groups excluding carboxylic acids is 1. The molecule has 29 heavy (non-hydrogen) atoms. The summed E-state index contributed by atoms with van der Waals surface area (Å²) in [6.07, 6.45) is 3.73. The van der Waals surface area contributed by atoms with Crippen LogP contribution in [0.25, 0.3) is 17.1 Å². The molecule has 1 fully saturated rings. The molecule has 0 radical (unpaired) electrons. The third-order valence-electron chi connectivity index (χ3n) is 5.17.